The molecule has 29 heavy (non-hydrogen) atoms. The third-order valence-electron chi connectivity index (χ3n) is 6.29. The molecule has 0 unspecified atom stereocenters. The highest BCUT2D eigenvalue weighted by atomic mass is 16.2. The van der Waals surface area contributed by atoms with Gasteiger partial charge in [-0.3, -0.25) is 9.89 Å². The minimum absolute atomic E-state index is 0.128. The van der Waals surface area contributed by atoms with Crippen molar-refractivity contribution >= 4 is 11.7 Å². The highest BCUT2D eigenvalue weighted by Gasteiger charge is 2.29. The largest absolute Gasteiger partial charge is 0.324 e. The quantitative estimate of drug-likeness (QED) is 0.829. The number of nitrogens with one attached hydrogen (secondary N) is 2. The third-order valence-corrected chi connectivity index (χ3v) is 6.29. The second-order valence-electron chi connectivity index (χ2n) is 8.42. The molecule has 2 amide bonds. The van der Waals surface area contributed by atoms with Gasteiger partial charge in [0.05, 0.1) is 0 Å². The van der Waals surface area contributed by atoms with Crippen molar-refractivity contribution in [3.8, 4) is 0 Å². The van der Waals surface area contributed by atoms with Crippen LogP contribution in [0.3, 0.4) is 0 Å². The number of piperidine rings is 1. The first-order valence-electron chi connectivity index (χ1n) is 10.7. The Morgan fingerprint density at radius 3 is 2.72 bits per heavy atom. The van der Waals surface area contributed by atoms with Crippen molar-refractivity contribution in [3.63, 3.8) is 0 Å². The average Bonchev–Trinajstić information content (AvgIpc) is 3.25. The number of hydrogen-bond donors (Lipinski definition) is 2. The monoisotopic (exact) mass is 398 g/mol. The summed E-state index contributed by atoms with van der Waals surface area (Å²) in [4.78, 5) is 31.8. The van der Waals surface area contributed by atoms with Crippen LogP contribution in [0, 0.1) is 6.92 Å². The van der Waals surface area contributed by atoms with Crippen LogP contribution in [0.5, 0.6) is 0 Å². The van der Waals surface area contributed by atoms with Gasteiger partial charge in [-0.25, -0.2) is 9.78 Å². The van der Waals surface area contributed by atoms with Crippen LogP contribution in [-0.4, -0.2) is 43.8 Å². The highest BCUT2D eigenvalue weighted by Crippen LogP contribution is 2.32. The molecule has 0 aromatic carbocycles. The van der Waals surface area contributed by atoms with E-state index in [0.717, 1.165) is 30.1 Å². The first-order valence-corrected chi connectivity index (χ1v) is 10.7. The van der Waals surface area contributed by atoms with Crippen LogP contribution < -0.4 is 10.9 Å². The number of amides is 2. The maximum absolute atomic E-state index is 12.8. The van der Waals surface area contributed by atoms with Crippen LogP contribution >= 0.6 is 0 Å². The summed E-state index contributed by atoms with van der Waals surface area (Å²) >= 11 is 0. The number of likely N-dealkylation sites (tertiary alicyclic amines) is 1. The molecule has 156 valence electrons. The van der Waals surface area contributed by atoms with Gasteiger partial charge in [-0.2, -0.15) is 5.10 Å². The number of aryl methyl sites for hydroxylation is 2. The molecule has 1 saturated carbocycles. The maximum atomic E-state index is 12.8. The lowest BCUT2D eigenvalue weighted by molar-refractivity contribution is 0.191. The predicted molar refractivity (Wildman–Crippen MR) is 111 cm³/mol. The standard InChI is InChI=1S/C21H30N6O2/c1-14-10-12-26(2)20(28)17(14)22-21(29)27-11-6-9-16(13-27)19-23-18(24-25-19)15-7-4-3-5-8-15/h10,12,15-16H,3-9,11,13H2,1-2H3,(H,22,29)(H,23,24,25)/t16-/m0/s1. The zero-order valence-electron chi connectivity index (χ0n) is 17.3. The molecule has 1 aliphatic carbocycles. The Bertz CT molecular complexity index is 927. The number of aromatic nitrogens is 4. The van der Waals surface area contributed by atoms with Crippen LogP contribution in [0.4, 0.5) is 10.5 Å². The van der Waals surface area contributed by atoms with Crippen molar-refractivity contribution in [2.75, 3.05) is 18.4 Å². The molecule has 1 atom stereocenters. The van der Waals surface area contributed by atoms with Crippen LogP contribution in [-0.2, 0) is 7.05 Å². The molecule has 8 nitrogen and oxygen atoms in total. The molecule has 2 aromatic rings. The number of urea groups is 1. The number of anilines is 1. The van der Waals surface area contributed by atoms with Crippen molar-refractivity contribution in [3.05, 3.63) is 39.8 Å². The summed E-state index contributed by atoms with van der Waals surface area (Å²) in [7, 11) is 1.68. The van der Waals surface area contributed by atoms with Crippen LogP contribution in [0.2, 0.25) is 0 Å². The van der Waals surface area contributed by atoms with E-state index in [4.69, 9.17) is 4.98 Å². The molecule has 2 aromatic heterocycles. The topological polar surface area (TPSA) is 95.9 Å². The predicted octanol–water partition coefficient (Wildman–Crippen LogP) is 3.27. The lowest BCUT2D eigenvalue weighted by Crippen LogP contribution is -2.43. The summed E-state index contributed by atoms with van der Waals surface area (Å²) in [5.41, 5.74) is 0.915. The minimum atomic E-state index is -0.232. The molecule has 0 spiro atoms. The fourth-order valence-corrected chi connectivity index (χ4v) is 4.46. The smallest absolute Gasteiger partial charge is 0.322 e. The first-order chi connectivity index (χ1) is 14.0. The second kappa shape index (κ2) is 8.39. The molecule has 1 saturated heterocycles. The molecule has 0 radical (unpaired) electrons. The van der Waals surface area contributed by atoms with Gasteiger partial charge in [0.2, 0.25) is 0 Å². The van der Waals surface area contributed by atoms with E-state index < -0.39 is 0 Å². The van der Waals surface area contributed by atoms with E-state index in [9.17, 15) is 9.59 Å². The Balaban J connectivity index is 1.43. The molecule has 1 aliphatic heterocycles. The SMILES string of the molecule is Cc1ccn(C)c(=O)c1NC(=O)N1CCC[C@H](c2n[nH]c(C3CCCCC3)n2)C1. The molecule has 8 heteroatoms. The number of H-pyrrole nitrogens is 1. The number of pyridine rings is 1. The molecule has 2 aliphatic rings. The molecule has 2 N–H and O–H groups in total. The van der Waals surface area contributed by atoms with Crippen LogP contribution in [0.25, 0.3) is 0 Å². The molecular formula is C21H30N6O2. The zero-order chi connectivity index (χ0) is 20.4. The Morgan fingerprint density at radius 1 is 1.17 bits per heavy atom. The van der Waals surface area contributed by atoms with E-state index in [1.54, 1.807) is 18.1 Å². The fourth-order valence-electron chi connectivity index (χ4n) is 4.46. The Hall–Kier alpha value is -2.64. The summed E-state index contributed by atoms with van der Waals surface area (Å²) in [5, 5.41) is 10.5. The molecule has 3 heterocycles. The summed E-state index contributed by atoms with van der Waals surface area (Å²) in [5.74, 6) is 2.44. The summed E-state index contributed by atoms with van der Waals surface area (Å²) in [6.07, 6.45) is 9.77. The van der Waals surface area contributed by atoms with E-state index in [1.165, 1.54) is 36.7 Å². The Labute approximate surface area is 170 Å². The second-order valence-corrected chi connectivity index (χ2v) is 8.42. The normalized spacial score (nSPS) is 20.6. The van der Waals surface area contributed by atoms with E-state index in [0.29, 0.717) is 24.7 Å². The lowest BCUT2D eigenvalue weighted by Gasteiger charge is -2.31. The summed E-state index contributed by atoms with van der Waals surface area (Å²) < 4.78 is 1.47. The van der Waals surface area contributed by atoms with E-state index >= 15 is 0 Å². The number of rotatable bonds is 3. The van der Waals surface area contributed by atoms with Gasteiger partial charge in [0.15, 0.2) is 5.82 Å². The van der Waals surface area contributed by atoms with Crippen LogP contribution in [0.1, 0.15) is 74.0 Å². The molecule has 4 rings (SSSR count). The summed E-state index contributed by atoms with van der Waals surface area (Å²) in [6, 6.07) is 1.60. The number of aromatic amines is 1. The van der Waals surface area contributed by atoms with Crippen LogP contribution in [0.15, 0.2) is 17.1 Å². The number of hydrogen-bond acceptors (Lipinski definition) is 4. The van der Waals surface area contributed by atoms with Gasteiger partial charge in [0.25, 0.3) is 5.56 Å². The molecule has 2 fully saturated rings. The minimum Gasteiger partial charge on any atom is -0.324 e. The molecular weight excluding hydrogens is 368 g/mol. The maximum Gasteiger partial charge on any atom is 0.322 e. The Morgan fingerprint density at radius 2 is 1.93 bits per heavy atom. The van der Waals surface area contributed by atoms with Crippen molar-refractivity contribution in [2.45, 2.75) is 63.7 Å². The number of carbonyl (C=O) groups is 1. The van der Waals surface area contributed by atoms with Crippen molar-refractivity contribution in [1.29, 1.82) is 0 Å². The van der Waals surface area contributed by atoms with Gasteiger partial charge in [-0.1, -0.05) is 19.3 Å². The van der Waals surface area contributed by atoms with Gasteiger partial charge < -0.3 is 14.8 Å². The van der Waals surface area contributed by atoms with E-state index in [2.05, 4.69) is 15.5 Å². The third kappa shape index (κ3) is 4.21. The molecule has 0 bridgehead atoms. The average molecular weight is 399 g/mol. The van der Waals surface area contributed by atoms with E-state index in [-0.39, 0.29) is 17.5 Å². The fraction of sp³-hybridized carbons (Fsp3) is 0.619. The van der Waals surface area contributed by atoms with Crippen molar-refractivity contribution < 1.29 is 4.79 Å². The lowest BCUT2D eigenvalue weighted by atomic mass is 9.89. The summed E-state index contributed by atoms with van der Waals surface area (Å²) in [6.45, 7) is 3.07. The number of nitrogens with zero attached hydrogens (tertiary/aromatic N) is 4. The van der Waals surface area contributed by atoms with Gasteiger partial charge in [0.1, 0.15) is 11.5 Å². The van der Waals surface area contributed by atoms with Gasteiger partial charge in [-0.15, -0.1) is 0 Å². The highest BCUT2D eigenvalue weighted by molar-refractivity contribution is 5.90. The van der Waals surface area contributed by atoms with Crippen molar-refractivity contribution in [2.24, 2.45) is 7.05 Å². The van der Waals surface area contributed by atoms with Gasteiger partial charge in [-0.05, 0) is 44.2 Å². The zero-order valence-corrected chi connectivity index (χ0v) is 17.3. The number of carbonyl (C=O) groups excluding carboxylic acids is 1. The first kappa shape index (κ1) is 19.7. The van der Waals surface area contributed by atoms with Crippen molar-refractivity contribution in [1.82, 2.24) is 24.6 Å². The van der Waals surface area contributed by atoms with Gasteiger partial charge in [0, 0.05) is 38.2 Å². The van der Waals surface area contributed by atoms with E-state index in [1.807, 2.05) is 13.0 Å². The van der Waals surface area contributed by atoms with Gasteiger partial charge >= 0.3 is 6.03 Å². The Kier molecular flexibility index (Phi) is 5.69.